The Labute approximate surface area is 224 Å². The molecule has 7 nitrogen and oxygen atoms in total. The molecule has 0 spiro atoms. The first-order valence-electron chi connectivity index (χ1n) is 13.4. The van der Waals surface area contributed by atoms with Crippen LogP contribution in [-0.2, 0) is 17.8 Å². The Bertz CT molecular complexity index is 1260. The Morgan fingerprint density at radius 1 is 1.00 bits per heavy atom. The van der Waals surface area contributed by atoms with Crippen LogP contribution in [0.1, 0.15) is 30.9 Å². The number of rotatable bonds is 10. The minimum Gasteiger partial charge on any atom is -0.496 e. The van der Waals surface area contributed by atoms with Crippen molar-refractivity contribution in [3.8, 4) is 34.1 Å². The SMILES string of the molecule is COc1ccccc1CCNC(=O)COc1ccc(-c2ccc3c(c2)OCO3)cc1CN1CCCC(C)C1. The van der Waals surface area contributed by atoms with E-state index < -0.39 is 0 Å². The number of nitrogens with zero attached hydrogens (tertiary/aromatic N) is 1. The predicted molar refractivity (Wildman–Crippen MR) is 147 cm³/mol. The van der Waals surface area contributed by atoms with E-state index in [9.17, 15) is 4.79 Å². The van der Waals surface area contributed by atoms with Gasteiger partial charge in [-0.2, -0.15) is 0 Å². The quantitative estimate of drug-likeness (QED) is 0.406. The maximum Gasteiger partial charge on any atom is 0.257 e. The fraction of sp³-hybridized carbons (Fsp3) is 0.387. The summed E-state index contributed by atoms with van der Waals surface area (Å²) in [5.41, 5.74) is 4.28. The minimum absolute atomic E-state index is 0.0291. The number of amides is 1. The first-order chi connectivity index (χ1) is 18.6. The van der Waals surface area contributed by atoms with E-state index in [-0.39, 0.29) is 19.3 Å². The molecule has 1 unspecified atom stereocenters. The zero-order valence-corrected chi connectivity index (χ0v) is 22.2. The summed E-state index contributed by atoms with van der Waals surface area (Å²) in [4.78, 5) is 15.1. The van der Waals surface area contributed by atoms with E-state index in [4.69, 9.17) is 18.9 Å². The summed E-state index contributed by atoms with van der Waals surface area (Å²) in [6.07, 6.45) is 3.16. The maximum atomic E-state index is 12.6. The van der Waals surface area contributed by atoms with E-state index >= 15 is 0 Å². The van der Waals surface area contributed by atoms with Crippen LogP contribution in [0.4, 0.5) is 0 Å². The Hall–Kier alpha value is -3.71. The number of likely N-dealkylation sites (tertiary alicyclic amines) is 1. The van der Waals surface area contributed by atoms with Crippen LogP contribution in [0, 0.1) is 5.92 Å². The van der Waals surface area contributed by atoms with Gasteiger partial charge in [-0.15, -0.1) is 0 Å². The molecule has 0 radical (unpaired) electrons. The zero-order valence-electron chi connectivity index (χ0n) is 22.2. The molecular weight excluding hydrogens is 480 g/mol. The highest BCUT2D eigenvalue weighted by Crippen LogP contribution is 2.37. The standard InChI is InChI=1S/C31H36N2O5/c1-22-6-5-15-33(18-22)19-26-16-24(25-10-12-29-30(17-25)38-21-37-29)9-11-28(26)36-20-31(34)32-14-13-23-7-3-4-8-27(23)35-2/h3-4,7-12,16-17,22H,5-6,13-15,18-21H2,1-2H3,(H,32,34). The number of piperidine rings is 1. The second kappa shape index (κ2) is 12.2. The number of nitrogens with one attached hydrogen (secondary N) is 1. The summed E-state index contributed by atoms with van der Waals surface area (Å²) >= 11 is 0. The summed E-state index contributed by atoms with van der Waals surface area (Å²) < 4.78 is 22.5. The minimum atomic E-state index is -0.141. The van der Waals surface area contributed by atoms with Crippen LogP contribution < -0.4 is 24.3 Å². The van der Waals surface area contributed by atoms with E-state index in [0.29, 0.717) is 18.9 Å². The van der Waals surface area contributed by atoms with Gasteiger partial charge in [-0.3, -0.25) is 9.69 Å². The van der Waals surface area contributed by atoms with E-state index in [1.54, 1.807) is 7.11 Å². The van der Waals surface area contributed by atoms with Gasteiger partial charge in [0.25, 0.3) is 5.91 Å². The van der Waals surface area contributed by atoms with Gasteiger partial charge >= 0.3 is 0 Å². The lowest BCUT2D eigenvalue weighted by Crippen LogP contribution is -2.34. The smallest absolute Gasteiger partial charge is 0.257 e. The zero-order chi connectivity index (χ0) is 26.3. The molecule has 1 fully saturated rings. The van der Waals surface area contributed by atoms with Crippen LogP contribution in [0.15, 0.2) is 60.7 Å². The number of hydrogen-bond acceptors (Lipinski definition) is 6. The molecule has 2 aliphatic rings. The van der Waals surface area contributed by atoms with Crippen molar-refractivity contribution in [3.05, 3.63) is 71.8 Å². The summed E-state index contributed by atoms with van der Waals surface area (Å²) in [5.74, 6) is 3.65. The number of benzene rings is 3. The molecule has 200 valence electrons. The number of hydrogen-bond donors (Lipinski definition) is 1. The van der Waals surface area contributed by atoms with Gasteiger partial charge in [-0.25, -0.2) is 0 Å². The van der Waals surface area contributed by atoms with Crippen LogP contribution >= 0.6 is 0 Å². The molecule has 1 saturated heterocycles. The van der Waals surface area contributed by atoms with E-state index in [0.717, 1.165) is 64.9 Å². The van der Waals surface area contributed by atoms with Crippen LogP contribution in [-0.4, -0.2) is 51.0 Å². The number of ether oxygens (including phenoxy) is 4. The van der Waals surface area contributed by atoms with Crippen molar-refractivity contribution >= 4 is 5.91 Å². The van der Waals surface area contributed by atoms with E-state index in [1.165, 1.54) is 12.8 Å². The molecule has 2 aliphatic heterocycles. The molecule has 0 bridgehead atoms. The molecule has 0 aliphatic carbocycles. The van der Waals surface area contributed by atoms with Crippen LogP contribution in [0.2, 0.25) is 0 Å². The molecule has 1 N–H and O–H groups in total. The van der Waals surface area contributed by atoms with Crippen molar-refractivity contribution in [2.75, 3.05) is 40.1 Å². The van der Waals surface area contributed by atoms with Crippen LogP contribution in [0.5, 0.6) is 23.0 Å². The second-order valence-electron chi connectivity index (χ2n) is 10.1. The summed E-state index contributed by atoms with van der Waals surface area (Å²) in [6.45, 7) is 5.97. The topological polar surface area (TPSA) is 69.3 Å². The van der Waals surface area contributed by atoms with Crippen molar-refractivity contribution < 1.29 is 23.7 Å². The lowest BCUT2D eigenvalue weighted by molar-refractivity contribution is -0.123. The van der Waals surface area contributed by atoms with Crippen molar-refractivity contribution in [1.29, 1.82) is 0 Å². The normalized spacial score (nSPS) is 16.7. The molecule has 0 saturated carbocycles. The number of methoxy groups -OCH3 is 1. The third-order valence-electron chi connectivity index (χ3n) is 7.17. The molecule has 0 aromatic heterocycles. The lowest BCUT2D eigenvalue weighted by atomic mass is 9.98. The van der Waals surface area contributed by atoms with Crippen LogP contribution in [0.3, 0.4) is 0 Å². The van der Waals surface area contributed by atoms with Crippen LogP contribution in [0.25, 0.3) is 11.1 Å². The van der Waals surface area contributed by atoms with Crippen molar-refractivity contribution in [2.45, 2.75) is 32.7 Å². The highest BCUT2D eigenvalue weighted by molar-refractivity contribution is 5.77. The van der Waals surface area contributed by atoms with Crippen molar-refractivity contribution in [3.63, 3.8) is 0 Å². The molecule has 3 aromatic rings. The highest BCUT2D eigenvalue weighted by Gasteiger charge is 2.20. The first-order valence-corrected chi connectivity index (χ1v) is 13.4. The Balaban J connectivity index is 1.25. The summed E-state index contributed by atoms with van der Waals surface area (Å²) in [5, 5.41) is 2.96. The Morgan fingerprint density at radius 2 is 1.82 bits per heavy atom. The Morgan fingerprint density at radius 3 is 2.68 bits per heavy atom. The van der Waals surface area contributed by atoms with Gasteiger partial charge in [0.05, 0.1) is 7.11 Å². The highest BCUT2D eigenvalue weighted by atomic mass is 16.7. The Kier molecular flexibility index (Phi) is 8.34. The molecule has 38 heavy (non-hydrogen) atoms. The van der Waals surface area contributed by atoms with E-state index in [1.807, 2.05) is 54.6 Å². The largest absolute Gasteiger partial charge is 0.496 e. The molecule has 3 aromatic carbocycles. The predicted octanol–water partition coefficient (Wildman–Crippen LogP) is 5.06. The molecule has 1 amide bonds. The van der Waals surface area contributed by atoms with Gasteiger partial charge in [0, 0.05) is 25.2 Å². The number of para-hydroxylation sites is 1. The molecule has 7 heteroatoms. The fourth-order valence-electron chi connectivity index (χ4n) is 5.21. The number of carbonyl (C=O) groups is 1. The molecule has 2 heterocycles. The number of carbonyl (C=O) groups excluding carboxylic acids is 1. The third-order valence-corrected chi connectivity index (χ3v) is 7.17. The van der Waals surface area contributed by atoms with E-state index in [2.05, 4.69) is 23.2 Å². The van der Waals surface area contributed by atoms with Gasteiger partial charge in [-0.05, 0) is 78.7 Å². The summed E-state index contributed by atoms with van der Waals surface area (Å²) in [6, 6.07) is 20.0. The molecular formula is C31H36N2O5. The summed E-state index contributed by atoms with van der Waals surface area (Å²) in [7, 11) is 1.66. The average Bonchev–Trinajstić information content (AvgIpc) is 3.41. The molecule has 1 atom stereocenters. The average molecular weight is 517 g/mol. The second-order valence-corrected chi connectivity index (χ2v) is 10.1. The van der Waals surface area contributed by atoms with Crippen molar-refractivity contribution in [1.82, 2.24) is 10.2 Å². The third kappa shape index (κ3) is 6.40. The fourth-order valence-corrected chi connectivity index (χ4v) is 5.21. The van der Waals surface area contributed by atoms with Crippen molar-refractivity contribution in [2.24, 2.45) is 5.92 Å². The maximum absolute atomic E-state index is 12.6. The van der Waals surface area contributed by atoms with Gasteiger partial charge < -0.3 is 24.3 Å². The van der Waals surface area contributed by atoms with Gasteiger partial charge in [-0.1, -0.05) is 37.3 Å². The van der Waals surface area contributed by atoms with Gasteiger partial charge in [0.15, 0.2) is 18.1 Å². The lowest BCUT2D eigenvalue weighted by Gasteiger charge is -2.31. The molecule has 5 rings (SSSR count). The first kappa shape index (κ1) is 25.9. The number of fused-ring (bicyclic) bond motifs is 1. The monoisotopic (exact) mass is 516 g/mol. The van der Waals surface area contributed by atoms with Gasteiger partial charge in [0.1, 0.15) is 11.5 Å². The van der Waals surface area contributed by atoms with Gasteiger partial charge in [0.2, 0.25) is 6.79 Å².